The molecule has 7 heteroatoms. The summed E-state index contributed by atoms with van der Waals surface area (Å²) in [6.45, 7) is 5.34. The summed E-state index contributed by atoms with van der Waals surface area (Å²) in [6.07, 6.45) is 1.66. The highest BCUT2D eigenvalue weighted by Gasteiger charge is 2.27. The number of nitrogens with zero attached hydrogens (tertiary/aromatic N) is 5. The van der Waals surface area contributed by atoms with E-state index in [9.17, 15) is 9.90 Å². The fraction of sp³-hybridized carbons (Fsp3) is 0.333. The summed E-state index contributed by atoms with van der Waals surface area (Å²) in [5, 5.41) is 14.5. The molecule has 1 atom stereocenters. The summed E-state index contributed by atoms with van der Waals surface area (Å²) in [7, 11) is 0. The Labute approximate surface area is 163 Å². The molecule has 0 unspecified atom stereocenters. The average Bonchev–Trinajstić information content (AvgIpc) is 3.16. The monoisotopic (exact) mass is 377 g/mol. The van der Waals surface area contributed by atoms with E-state index in [4.69, 9.17) is 0 Å². The molecule has 3 aromatic rings. The molecular formula is C21H23N5O2. The molecule has 1 aromatic carbocycles. The lowest BCUT2D eigenvalue weighted by Gasteiger charge is -2.28. The van der Waals surface area contributed by atoms with E-state index >= 15 is 0 Å². The van der Waals surface area contributed by atoms with E-state index < -0.39 is 6.10 Å². The van der Waals surface area contributed by atoms with Crippen molar-refractivity contribution < 1.29 is 9.90 Å². The van der Waals surface area contributed by atoms with Gasteiger partial charge in [0.05, 0.1) is 41.8 Å². The second kappa shape index (κ2) is 7.52. The van der Waals surface area contributed by atoms with E-state index in [1.54, 1.807) is 11.1 Å². The van der Waals surface area contributed by atoms with Gasteiger partial charge in [-0.3, -0.25) is 9.48 Å². The molecule has 1 aliphatic rings. The van der Waals surface area contributed by atoms with Crippen molar-refractivity contribution in [2.75, 3.05) is 6.54 Å². The van der Waals surface area contributed by atoms with Crippen LogP contribution in [0.2, 0.25) is 0 Å². The Morgan fingerprint density at radius 3 is 2.79 bits per heavy atom. The highest BCUT2D eigenvalue weighted by molar-refractivity contribution is 5.99. The molecule has 3 heterocycles. The van der Waals surface area contributed by atoms with Gasteiger partial charge in [-0.05, 0) is 19.4 Å². The summed E-state index contributed by atoms with van der Waals surface area (Å²) in [6, 6.07) is 11.6. The van der Waals surface area contributed by atoms with Crippen LogP contribution in [-0.4, -0.2) is 42.2 Å². The zero-order valence-electron chi connectivity index (χ0n) is 16.0. The molecule has 0 aliphatic carbocycles. The first-order valence-electron chi connectivity index (χ1n) is 9.50. The van der Waals surface area contributed by atoms with Crippen molar-refractivity contribution in [3.05, 3.63) is 65.4 Å². The van der Waals surface area contributed by atoms with Gasteiger partial charge in [0.2, 0.25) is 0 Å². The molecule has 1 N–H and O–H groups in total. The fourth-order valence-electron chi connectivity index (χ4n) is 3.45. The van der Waals surface area contributed by atoms with Crippen LogP contribution in [0.5, 0.6) is 0 Å². The quantitative estimate of drug-likeness (QED) is 0.756. The Balaban J connectivity index is 1.63. The number of carbonyl (C=O) groups excluding carboxylic acids is 1. The predicted molar refractivity (Wildman–Crippen MR) is 104 cm³/mol. The molecule has 0 spiro atoms. The van der Waals surface area contributed by atoms with Crippen molar-refractivity contribution in [1.29, 1.82) is 0 Å². The summed E-state index contributed by atoms with van der Waals surface area (Å²) >= 11 is 0. The number of aliphatic hydroxyl groups excluding tert-OH is 1. The van der Waals surface area contributed by atoms with Crippen LogP contribution in [0.4, 0.5) is 0 Å². The van der Waals surface area contributed by atoms with Gasteiger partial charge in [-0.2, -0.15) is 5.10 Å². The van der Waals surface area contributed by atoms with Crippen molar-refractivity contribution in [3.8, 4) is 11.3 Å². The van der Waals surface area contributed by atoms with E-state index in [0.29, 0.717) is 48.8 Å². The van der Waals surface area contributed by atoms with Crippen molar-refractivity contribution in [3.63, 3.8) is 0 Å². The summed E-state index contributed by atoms with van der Waals surface area (Å²) < 4.78 is 1.88. The standard InChI is InChI=1S/C21H23N5O2/c1-3-19(27)18-11-16-13-25(9-10-26(16)24-18)21(28)17-12-22-14(2)23-20(17)15-7-5-4-6-8-15/h4-8,11-12,19,27H,3,9-10,13H2,1-2H3/t19-/m1/s1. The van der Waals surface area contributed by atoms with Gasteiger partial charge in [0.25, 0.3) is 5.91 Å². The molecule has 0 saturated carbocycles. The number of fused-ring (bicyclic) bond motifs is 1. The van der Waals surface area contributed by atoms with E-state index in [-0.39, 0.29) is 5.91 Å². The van der Waals surface area contributed by atoms with Crippen molar-refractivity contribution in [1.82, 2.24) is 24.6 Å². The SMILES string of the molecule is CC[C@@H](O)c1cc2n(n1)CCN(C(=O)c1cnc(C)nc1-c1ccccc1)C2. The smallest absolute Gasteiger partial charge is 0.258 e. The minimum Gasteiger partial charge on any atom is -0.387 e. The van der Waals surface area contributed by atoms with Gasteiger partial charge in [-0.15, -0.1) is 0 Å². The van der Waals surface area contributed by atoms with Crippen LogP contribution < -0.4 is 0 Å². The lowest BCUT2D eigenvalue weighted by atomic mass is 10.1. The van der Waals surface area contributed by atoms with E-state index in [1.165, 1.54) is 0 Å². The zero-order valence-corrected chi connectivity index (χ0v) is 16.0. The third-order valence-electron chi connectivity index (χ3n) is 5.02. The molecule has 28 heavy (non-hydrogen) atoms. The number of amides is 1. The van der Waals surface area contributed by atoms with Crippen molar-refractivity contribution >= 4 is 5.91 Å². The number of benzene rings is 1. The third-order valence-corrected chi connectivity index (χ3v) is 5.02. The van der Waals surface area contributed by atoms with Gasteiger partial charge >= 0.3 is 0 Å². The van der Waals surface area contributed by atoms with Crippen LogP contribution in [0.3, 0.4) is 0 Å². The molecular weight excluding hydrogens is 354 g/mol. The van der Waals surface area contributed by atoms with Crippen LogP contribution in [0, 0.1) is 6.92 Å². The lowest BCUT2D eigenvalue weighted by Crippen LogP contribution is -2.38. The Hall–Kier alpha value is -3.06. The molecule has 0 bridgehead atoms. The Morgan fingerprint density at radius 2 is 2.04 bits per heavy atom. The molecule has 144 valence electrons. The van der Waals surface area contributed by atoms with Gasteiger partial charge < -0.3 is 10.0 Å². The van der Waals surface area contributed by atoms with Crippen LogP contribution in [0.1, 0.15) is 47.0 Å². The van der Waals surface area contributed by atoms with Gasteiger partial charge in [0.1, 0.15) is 5.82 Å². The molecule has 2 aromatic heterocycles. The summed E-state index contributed by atoms with van der Waals surface area (Å²) in [4.78, 5) is 23.9. The first-order chi connectivity index (χ1) is 13.6. The fourth-order valence-corrected chi connectivity index (χ4v) is 3.45. The lowest BCUT2D eigenvalue weighted by molar-refractivity contribution is 0.0705. The highest BCUT2D eigenvalue weighted by atomic mass is 16.3. The number of aliphatic hydroxyl groups is 1. The first-order valence-corrected chi connectivity index (χ1v) is 9.50. The van der Waals surface area contributed by atoms with E-state index in [0.717, 1.165) is 11.3 Å². The molecule has 1 aliphatic heterocycles. The molecule has 0 radical (unpaired) electrons. The molecule has 4 rings (SSSR count). The molecule has 0 fully saturated rings. The Morgan fingerprint density at radius 1 is 1.25 bits per heavy atom. The van der Waals surface area contributed by atoms with Crippen LogP contribution in [0.15, 0.2) is 42.6 Å². The average molecular weight is 377 g/mol. The van der Waals surface area contributed by atoms with Gasteiger partial charge in [-0.1, -0.05) is 37.3 Å². The van der Waals surface area contributed by atoms with E-state index in [2.05, 4.69) is 15.1 Å². The van der Waals surface area contributed by atoms with Crippen LogP contribution in [0.25, 0.3) is 11.3 Å². The largest absolute Gasteiger partial charge is 0.387 e. The minimum atomic E-state index is -0.572. The molecule has 7 nitrogen and oxygen atoms in total. The molecule has 0 saturated heterocycles. The Bertz CT molecular complexity index is 999. The number of hydrogen-bond donors (Lipinski definition) is 1. The second-order valence-electron chi connectivity index (χ2n) is 6.98. The maximum Gasteiger partial charge on any atom is 0.258 e. The maximum atomic E-state index is 13.3. The number of carbonyl (C=O) groups is 1. The summed E-state index contributed by atoms with van der Waals surface area (Å²) in [5.74, 6) is 0.536. The van der Waals surface area contributed by atoms with E-state index in [1.807, 2.05) is 54.9 Å². The topological polar surface area (TPSA) is 84.1 Å². The van der Waals surface area contributed by atoms with Crippen molar-refractivity contribution in [2.45, 2.75) is 39.5 Å². The van der Waals surface area contributed by atoms with Crippen LogP contribution >= 0.6 is 0 Å². The molecule has 1 amide bonds. The van der Waals surface area contributed by atoms with Gasteiger partial charge in [0.15, 0.2) is 0 Å². The first kappa shape index (κ1) is 18.3. The third kappa shape index (κ3) is 3.41. The predicted octanol–water partition coefficient (Wildman–Crippen LogP) is 2.75. The second-order valence-corrected chi connectivity index (χ2v) is 6.98. The summed E-state index contributed by atoms with van der Waals surface area (Å²) in [5.41, 5.74) is 3.64. The van der Waals surface area contributed by atoms with Crippen molar-refractivity contribution in [2.24, 2.45) is 0 Å². The van der Waals surface area contributed by atoms with Gasteiger partial charge in [0, 0.05) is 18.3 Å². The zero-order chi connectivity index (χ0) is 19.7. The maximum absolute atomic E-state index is 13.3. The highest BCUT2D eigenvalue weighted by Crippen LogP contribution is 2.25. The minimum absolute atomic E-state index is 0.0936. The Kier molecular flexibility index (Phi) is 4.92. The number of hydrogen-bond acceptors (Lipinski definition) is 5. The van der Waals surface area contributed by atoms with Crippen LogP contribution in [-0.2, 0) is 13.1 Å². The number of aryl methyl sites for hydroxylation is 1. The number of rotatable bonds is 4. The normalized spacial score (nSPS) is 14.6. The number of aromatic nitrogens is 4. The van der Waals surface area contributed by atoms with Gasteiger partial charge in [-0.25, -0.2) is 9.97 Å².